The van der Waals surface area contributed by atoms with Crippen LogP contribution in [0.4, 0.5) is 26.1 Å². The van der Waals surface area contributed by atoms with Gasteiger partial charge in [-0.2, -0.15) is 0 Å². The van der Waals surface area contributed by atoms with E-state index in [1.54, 1.807) is 18.5 Å². The highest BCUT2D eigenvalue weighted by Gasteiger charge is 2.18. The number of piperazine rings is 1. The van der Waals surface area contributed by atoms with Crippen molar-refractivity contribution in [1.29, 1.82) is 0 Å². The van der Waals surface area contributed by atoms with Crippen molar-refractivity contribution in [3.05, 3.63) is 78.1 Å². The van der Waals surface area contributed by atoms with Gasteiger partial charge in [0.25, 0.3) is 0 Å². The van der Waals surface area contributed by atoms with Gasteiger partial charge in [0, 0.05) is 44.5 Å². The largest absolute Gasteiger partial charge is 0.368 e. The molecule has 0 aliphatic carbocycles. The van der Waals surface area contributed by atoms with E-state index in [0.29, 0.717) is 6.54 Å². The highest BCUT2D eigenvalue weighted by molar-refractivity contribution is 5.52. The van der Waals surface area contributed by atoms with Crippen LogP contribution >= 0.6 is 0 Å². The van der Waals surface area contributed by atoms with Gasteiger partial charge in [0.05, 0.1) is 0 Å². The standard InChI is InChI=1S/C21H21F2N5/c22-17-3-1-16(2-4-17)14-24-20-13-21(26-15-25-20)28-11-9-27(10-12-28)19-7-5-18(23)6-8-19/h1-8,13,15H,9-12,14H2,(H,24,25,26). The average molecular weight is 381 g/mol. The summed E-state index contributed by atoms with van der Waals surface area (Å²) < 4.78 is 26.1. The van der Waals surface area contributed by atoms with Crippen LogP contribution in [0.15, 0.2) is 60.9 Å². The Labute approximate surface area is 162 Å². The molecule has 0 spiro atoms. The molecule has 28 heavy (non-hydrogen) atoms. The molecule has 2 aromatic carbocycles. The van der Waals surface area contributed by atoms with Crippen molar-refractivity contribution in [2.75, 3.05) is 41.3 Å². The number of hydrogen-bond acceptors (Lipinski definition) is 5. The highest BCUT2D eigenvalue weighted by atomic mass is 19.1. The van der Waals surface area contributed by atoms with Crippen molar-refractivity contribution < 1.29 is 8.78 Å². The maximum absolute atomic E-state index is 13.1. The van der Waals surface area contributed by atoms with E-state index < -0.39 is 0 Å². The van der Waals surface area contributed by atoms with Crippen LogP contribution in [0.5, 0.6) is 0 Å². The molecule has 1 fully saturated rings. The summed E-state index contributed by atoms with van der Waals surface area (Å²) in [7, 11) is 0. The molecule has 0 atom stereocenters. The Morgan fingerprint density at radius 1 is 0.786 bits per heavy atom. The minimum absolute atomic E-state index is 0.218. The number of rotatable bonds is 5. The number of nitrogens with one attached hydrogen (secondary N) is 1. The molecule has 1 aliphatic heterocycles. The van der Waals surface area contributed by atoms with Gasteiger partial charge in [-0.05, 0) is 42.0 Å². The summed E-state index contributed by atoms with van der Waals surface area (Å²) in [6.07, 6.45) is 1.55. The van der Waals surface area contributed by atoms with Crippen LogP contribution in [0, 0.1) is 11.6 Å². The first kappa shape index (κ1) is 18.2. The summed E-state index contributed by atoms with van der Waals surface area (Å²) in [5.74, 6) is 1.14. The minimum atomic E-state index is -0.243. The highest BCUT2D eigenvalue weighted by Crippen LogP contribution is 2.21. The summed E-state index contributed by atoms with van der Waals surface area (Å²) >= 11 is 0. The third-order valence-corrected chi connectivity index (χ3v) is 4.83. The number of hydrogen-bond donors (Lipinski definition) is 1. The second-order valence-electron chi connectivity index (χ2n) is 6.69. The molecule has 4 rings (SSSR count). The molecular weight excluding hydrogens is 360 g/mol. The zero-order valence-corrected chi connectivity index (χ0v) is 15.4. The first-order valence-electron chi connectivity index (χ1n) is 9.23. The van der Waals surface area contributed by atoms with Crippen LogP contribution in [0.1, 0.15) is 5.56 Å². The molecule has 0 radical (unpaired) electrons. The van der Waals surface area contributed by atoms with E-state index in [9.17, 15) is 8.78 Å². The van der Waals surface area contributed by atoms with Crippen LogP contribution in [0.2, 0.25) is 0 Å². The molecule has 5 nitrogen and oxygen atoms in total. The smallest absolute Gasteiger partial charge is 0.134 e. The van der Waals surface area contributed by atoms with Gasteiger partial charge in [0.15, 0.2) is 0 Å². The first-order chi connectivity index (χ1) is 13.7. The fraction of sp³-hybridized carbons (Fsp3) is 0.238. The fourth-order valence-electron chi connectivity index (χ4n) is 3.26. The molecule has 1 aromatic heterocycles. The van der Waals surface area contributed by atoms with E-state index in [2.05, 4.69) is 25.1 Å². The van der Waals surface area contributed by atoms with Gasteiger partial charge < -0.3 is 15.1 Å². The molecule has 2 heterocycles. The quantitative estimate of drug-likeness (QED) is 0.730. The van der Waals surface area contributed by atoms with Crippen molar-refractivity contribution in [3.8, 4) is 0 Å². The van der Waals surface area contributed by atoms with Crippen molar-refractivity contribution >= 4 is 17.3 Å². The van der Waals surface area contributed by atoms with E-state index in [1.807, 2.05) is 18.2 Å². The van der Waals surface area contributed by atoms with Gasteiger partial charge in [-0.1, -0.05) is 12.1 Å². The molecule has 0 saturated carbocycles. The SMILES string of the molecule is Fc1ccc(CNc2cc(N3CCN(c4ccc(F)cc4)CC3)ncn2)cc1. The maximum Gasteiger partial charge on any atom is 0.134 e. The topological polar surface area (TPSA) is 44.3 Å². The minimum Gasteiger partial charge on any atom is -0.368 e. The van der Waals surface area contributed by atoms with Gasteiger partial charge in [0.2, 0.25) is 0 Å². The van der Waals surface area contributed by atoms with E-state index in [1.165, 1.54) is 24.3 Å². The summed E-state index contributed by atoms with van der Waals surface area (Å²) in [5.41, 5.74) is 2.01. The summed E-state index contributed by atoms with van der Waals surface area (Å²) in [5, 5.41) is 3.25. The Morgan fingerprint density at radius 2 is 1.39 bits per heavy atom. The van der Waals surface area contributed by atoms with Crippen LogP contribution in [0.3, 0.4) is 0 Å². The zero-order chi connectivity index (χ0) is 19.3. The number of anilines is 3. The van der Waals surface area contributed by atoms with E-state index >= 15 is 0 Å². The van der Waals surface area contributed by atoms with Gasteiger partial charge in [0.1, 0.15) is 29.6 Å². The lowest BCUT2D eigenvalue weighted by atomic mass is 10.2. The summed E-state index contributed by atoms with van der Waals surface area (Å²) in [6, 6.07) is 14.9. The van der Waals surface area contributed by atoms with Crippen LogP contribution in [-0.2, 0) is 6.54 Å². The average Bonchev–Trinajstić information content (AvgIpc) is 2.74. The van der Waals surface area contributed by atoms with Crippen molar-refractivity contribution in [1.82, 2.24) is 9.97 Å². The normalized spacial score (nSPS) is 14.2. The maximum atomic E-state index is 13.1. The molecule has 7 heteroatoms. The van der Waals surface area contributed by atoms with E-state index in [4.69, 9.17) is 0 Å². The number of nitrogens with zero attached hydrogens (tertiary/aromatic N) is 4. The Kier molecular flexibility index (Phi) is 5.32. The molecule has 0 amide bonds. The molecule has 3 aromatic rings. The molecule has 0 bridgehead atoms. The molecular formula is C21H21F2N5. The first-order valence-corrected chi connectivity index (χ1v) is 9.23. The van der Waals surface area contributed by atoms with E-state index in [-0.39, 0.29) is 11.6 Å². The van der Waals surface area contributed by atoms with Gasteiger partial charge in [-0.3, -0.25) is 0 Å². The second-order valence-corrected chi connectivity index (χ2v) is 6.69. The lowest BCUT2D eigenvalue weighted by Crippen LogP contribution is -2.46. The molecule has 1 aliphatic rings. The Bertz CT molecular complexity index is 907. The fourth-order valence-corrected chi connectivity index (χ4v) is 3.26. The third-order valence-electron chi connectivity index (χ3n) is 4.83. The lowest BCUT2D eigenvalue weighted by Gasteiger charge is -2.36. The third kappa shape index (κ3) is 4.36. The Hall–Kier alpha value is -3.22. The number of halogens is 2. The van der Waals surface area contributed by atoms with Crippen molar-refractivity contribution in [3.63, 3.8) is 0 Å². The van der Waals surface area contributed by atoms with Gasteiger partial charge >= 0.3 is 0 Å². The Morgan fingerprint density at radius 3 is 2.07 bits per heavy atom. The van der Waals surface area contributed by atoms with Crippen LogP contribution in [0.25, 0.3) is 0 Å². The molecule has 144 valence electrons. The summed E-state index contributed by atoms with van der Waals surface area (Å²) in [4.78, 5) is 13.1. The summed E-state index contributed by atoms with van der Waals surface area (Å²) in [6.45, 7) is 3.90. The van der Waals surface area contributed by atoms with Crippen LogP contribution < -0.4 is 15.1 Å². The second kappa shape index (κ2) is 8.21. The van der Waals surface area contributed by atoms with Crippen molar-refractivity contribution in [2.24, 2.45) is 0 Å². The van der Waals surface area contributed by atoms with Crippen LogP contribution in [-0.4, -0.2) is 36.1 Å². The van der Waals surface area contributed by atoms with E-state index in [0.717, 1.165) is 49.1 Å². The Balaban J connectivity index is 1.35. The lowest BCUT2D eigenvalue weighted by molar-refractivity contribution is 0.624. The predicted molar refractivity (Wildman–Crippen MR) is 107 cm³/mol. The molecule has 1 N–H and O–H groups in total. The number of benzene rings is 2. The van der Waals surface area contributed by atoms with Gasteiger partial charge in [-0.25, -0.2) is 18.7 Å². The predicted octanol–water partition coefficient (Wildman–Crippen LogP) is 3.69. The zero-order valence-electron chi connectivity index (χ0n) is 15.4. The molecule has 0 unspecified atom stereocenters. The molecule has 1 saturated heterocycles. The monoisotopic (exact) mass is 381 g/mol. The van der Waals surface area contributed by atoms with Crippen molar-refractivity contribution in [2.45, 2.75) is 6.54 Å². The number of aromatic nitrogens is 2. The van der Waals surface area contributed by atoms with Gasteiger partial charge in [-0.15, -0.1) is 0 Å².